The first-order valence-corrected chi connectivity index (χ1v) is 5.31. The van der Waals surface area contributed by atoms with Crippen LogP contribution in [0.1, 0.15) is 40.5 Å². The summed E-state index contributed by atoms with van der Waals surface area (Å²) in [5, 5.41) is 2.82. The number of nitrogens with two attached hydrogens (primary N) is 1. The Labute approximate surface area is 91.4 Å². The topological polar surface area (TPSA) is 55.1 Å². The number of thiocarbonyl (C=S) groups is 1. The number of amides is 1. The van der Waals surface area contributed by atoms with Gasteiger partial charge in [-0.1, -0.05) is 32.5 Å². The average molecular weight is 216 g/mol. The Morgan fingerprint density at radius 1 is 1.57 bits per heavy atom. The molecule has 0 spiro atoms. The Hall–Kier alpha value is -0.640. The standard InChI is InChI=1S/C10H20N2OS/c1-5-7(2)6-8(13)12-10(3,4)9(11)14/h7H,5-6H2,1-4H3,(H2,11,14)(H,12,13). The Bertz CT molecular complexity index is 226. The Morgan fingerprint density at radius 3 is 2.43 bits per heavy atom. The lowest BCUT2D eigenvalue weighted by Gasteiger charge is -2.25. The molecule has 0 radical (unpaired) electrons. The van der Waals surface area contributed by atoms with E-state index in [0.717, 1.165) is 6.42 Å². The molecule has 0 fully saturated rings. The predicted octanol–water partition coefficient (Wildman–Crippen LogP) is 1.60. The Kier molecular flexibility index (Phi) is 5.05. The smallest absolute Gasteiger partial charge is 0.221 e. The second-order valence-corrected chi connectivity index (χ2v) is 4.69. The summed E-state index contributed by atoms with van der Waals surface area (Å²) in [6.07, 6.45) is 1.53. The molecule has 0 aliphatic heterocycles. The first-order chi connectivity index (χ1) is 6.29. The molecule has 0 rings (SSSR count). The normalized spacial score (nSPS) is 13.4. The van der Waals surface area contributed by atoms with Gasteiger partial charge in [-0.25, -0.2) is 0 Å². The van der Waals surface area contributed by atoms with Gasteiger partial charge >= 0.3 is 0 Å². The van der Waals surface area contributed by atoms with Gasteiger partial charge in [-0.15, -0.1) is 0 Å². The van der Waals surface area contributed by atoms with E-state index in [9.17, 15) is 4.79 Å². The van der Waals surface area contributed by atoms with Crippen molar-refractivity contribution in [2.45, 2.75) is 46.1 Å². The molecule has 3 N–H and O–H groups in total. The average Bonchev–Trinajstić information content (AvgIpc) is 2.02. The van der Waals surface area contributed by atoms with Crippen molar-refractivity contribution in [2.75, 3.05) is 0 Å². The van der Waals surface area contributed by atoms with E-state index in [1.807, 2.05) is 20.8 Å². The quantitative estimate of drug-likeness (QED) is 0.686. The largest absolute Gasteiger partial charge is 0.391 e. The molecule has 14 heavy (non-hydrogen) atoms. The van der Waals surface area contributed by atoms with Crippen molar-refractivity contribution in [2.24, 2.45) is 11.7 Å². The Morgan fingerprint density at radius 2 is 2.07 bits per heavy atom. The molecule has 0 saturated heterocycles. The van der Waals surface area contributed by atoms with Crippen molar-refractivity contribution in [3.05, 3.63) is 0 Å². The molecular formula is C10H20N2OS. The number of carbonyl (C=O) groups is 1. The third kappa shape index (κ3) is 4.56. The Balaban J connectivity index is 4.12. The van der Waals surface area contributed by atoms with Crippen LogP contribution in [0.2, 0.25) is 0 Å². The third-order valence-corrected chi connectivity index (χ3v) is 2.81. The van der Waals surface area contributed by atoms with Gasteiger partial charge in [-0.2, -0.15) is 0 Å². The number of nitrogens with one attached hydrogen (secondary N) is 1. The zero-order chi connectivity index (χ0) is 11.4. The molecule has 0 aromatic heterocycles. The fourth-order valence-electron chi connectivity index (χ4n) is 0.922. The molecule has 0 saturated carbocycles. The highest BCUT2D eigenvalue weighted by Crippen LogP contribution is 2.08. The van der Waals surface area contributed by atoms with E-state index in [1.54, 1.807) is 0 Å². The summed E-state index contributed by atoms with van der Waals surface area (Å²) in [5.74, 6) is 0.411. The van der Waals surface area contributed by atoms with Crippen LogP contribution in [0.5, 0.6) is 0 Å². The highest BCUT2D eigenvalue weighted by Gasteiger charge is 2.23. The van der Waals surface area contributed by atoms with Gasteiger partial charge < -0.3 is 11.1 Å². The van der Waals surface area contributed by atoms with Crippen LogP contribution in [0.25, 0.3) is 0 Å². The fourth-order valence-corrected chi connectivity index (χ4v) is 0.973. The summed E-state index contributed by atoms with van der Waals surface area (Å²) >= 11 is 4.86. The monoisotopic (exact) mass is 216 g/mol. The van der Waals surface area contributed by atoms with Crippen molar-refractivity contribution in [1.82, 2.24) is 5.32 Å². The van der Waals surface area contributed by atoms with Crippen LogP contribution in [0.15, 0.2) is 0 Å². The van der Waals surface area contributed by atoms with Crippen LogP contribution in [-0.2, 0) is 4.79 Å². The molecule has 0 aliphatic rings. The minimum absolute atomic E-state index is 0.0113. The molecule has 0 aromatic carbocycles. The van der Waals surface area contributed by atoms with Crippen LogP contribution >= 0.6 is 12.2 Å². The van der Waals surface area contributed by atoms with Crippen molar-refractivity contribution in [1.29, 1.82) is 0 Å². The van der Waals surface area contributed by atoms with E-state index in [1.165, 1.54) is 0 Å². The fraction of sp³-hybridized carbons (Fsp3) is 0.800. The van der Waals surface area contributed by atoms with Gasteiger partial charge in [-0.05, 0) is 19.8 Å². The maximum absolute atomic E-state index is 11.5. The van der Waals surface area contributed by atoms with Gasteiger partial charge in [0.25, 0.3) is 0 Å². The SMILES string of the molecule is CCC(C)CC(=O)NC(C)(C)C(N)=S. The van der Waals surface area contributed by atoms with E-state index >= 15 is 0 Å². The molecular weight excluding hydrogens is 196 g/mol. The third-order valence-electron chi connectivity index (χ3n) is 2.30. The molecule has 82 valence electrons. The summed E-state index contributed by atoms with van der Waals surface area (Å²) in [4.78, 5) is 11.8. The molecule has 1 amide bonds. The molecule has 0 heterocycles. The van der Waals surface area contributed by atoms with E-state index in [-0.39, 0.29) is 5.91 Å². The van der Waals surface area contributed by atoms with Crippen LogP contribution in [0.4, 0.5) is 0 Å². The van der Waals surface area contributed by atoms with Crippen LogP contribution in [-0.4, -0.2) is 16.4 Å². The van der Waals surface area contributed by atoms with Crippen LogP contribution < -0.4 is 11.1 Å². The molecule has 1 atom stereocenters. The van der Waals surface area contributed by atoms with E-state index < -0.39 is 5.54 Å². The summed E-state index contributed by atoms with van der Waals surface area (Å²) in [5.41, 5.74) is 4.92. The van der Waals surface area contributed by atoms with Crippen LogP contribution in [0, 0.1) is 5.92 Å². The van der Waals surface area contributed by atoms with Gasteiger partial charge in [0, 0.05) is 6.42 Å². The highest BCUT2D eigenvalue weighted by atomic mass is 32.1. The molecule has 4 heteroatoms. The zero-order valence-electron chi connectivity index (χ0n) is 9.39. The molecule has 1 unspecified atom stereocenters. The van der Waals surface area contributed by atoms with Gasteiger partial charge in [0.15, 0.2) is 0 Å². The van der Waals surface area contributed by atoms with E-state index in [2.05, 4.69) is 12.2 Å². The van der Waals surface area contributed by atoms with E-state index in [4.69, 9.17) is 18.0 Å². The summed E-state index contributed by atoms with van der Waals surface area (Å²) in [6, 6.07) is 0. The minimum atomic E-state index is -0.583. The number of carbonyl (C=O) groups excluding carboxylic acids is 1. The number of hydrogen-bond acceptors (Lipinski definition) is 2. The van der Waals surface area contributed by atoms with Crippen molar-refractivity contribution < 1.29 is 4.79 Å². The highest BCUT2D eigenvalue weighted by molar-refractivity contribution is 7.80. The second-order valence-electron chi connectivity index (χ2n) is 4.25. The zero-order valence-corrected chi connectivity index (χ0v) is 10.2. The molecule has 0 bridgehead atoms. The lowest BCUT2D eigenvalue weighted by molar-refractivity contribution is -0.122. The van der Waals surface area contributed by atoms with Crippen molar-refractivity contribution in [3.8, 4) is 0 Å². The van der Waals surface area contributed by atoms with Gasteiger partial charge in [0.05, 0.1) is 10.5 Å². The van der Waals surface area contributed by atoms with Crippen LogP contribution in [0.3, 0.4) is 0 Å². The number of rotatable bonds is 5. The first-order valence-electron chi connectivity index (χ1n) is 4.90. The minimum Gasteiger partial charge on any atom is -0.391 e. The second kappa shape index (κ2) is 5.29. The lowest BCUT2D eigenvalue weighted by atomic mass is 10.0. The van der Waals surface area contributed by atoms with Gasteiger partial charge in [-0.3, -0.25) is 4.79 Å². The first kappa shape index (κ1) is 13.4. The lowest BCUT2D eigenvalue weighted by Crippen LogP contribution is -2.52. The van der Waals surface area contributed by atoms with E-state index in [0.29, 0.717) is 17.3 Å². The molecule has 0 aliphatic carbocycles. The van der Waals surface area contributed by atoms with Crippen molar-refractivity contribution in [3.63, 3.8) is 0 Å². The molecule has 0 aromatic rings. The van der Waals surface area contributed by atoms with Crippen molar-refractivity contribution >= 4 is 23.1 Å². The number of hydrogen-bond donors (Lipinski definition) is 2. The predicted molar refractivity (Wildman–Crippen MR) is 63.1 cm³/mol. The summed E-state index contributed by atoms with van der Waals surface area (Å²) < 4.78 is 0. The summed E-state index contributed by atoms with van der Waals surface area (Å²) in [6.45, 7) is 7.73. The summed E-state index contributed by atoms with van der Waals surface area (Å²) in [7, 11) is 0. The van der Waals surface area contributed by atoms with Gasteiger partial charge in [0.2, 0.25) is 5.91 Å². The maximum Gasteiger partial charge on any atom is 0.221 e. The maximum atomic E-state index is 11.5. The van der Waals surface area contributed by atoms with Gasteiger partial charge in [0.1, 0.15) is 0 Å². The molecule has 3 nitrogen and oxygen atoms in total.